The third-order valence-electron chi connectivity index (χ3n) is 0. The Labute approximate surface area is 62.4 Å². The fourth-order valence-electron chi connectivity index (χ4n) is 0. The number of halogens is 2. The molecule has 0 aliphatic rings. The van der Waals surface area contributed by atoms with E-state index in [-0.39, 0.29) is 10.1 Å². The summed E-state index contributed by atoms with van der Waals surface area (Å²) in [5, 5.41) is 0. The van der Waals surface area contributed by atoms with E-state index in [0.717, 1.165) is 0 Å². The van der Waals surface area contributed by atoms with Crippen molar-refractivity contribution in [2.24, 2.45) is 0 Å². The zero-order valence-electron chi connectivity index (χ0n) is 3.17. The molecule has 5 heavy (non-hydrogen) atoms. The maximum atomic E-state index is 3.25. The Morgan fingerprint density at radius 2 is 1.40 bits per heavy atom. The summed E-state index contributed by atoms with van der Waals surface area (Å²) in [6.07, 6.45) is 0. The van der Waals surface area contributed by atoms with Crippen molar-refractivity contribution < 1.29 is 10.1 Å². The van der Waals surface area contributed by atoms with Crippen LogP contribution >= 0.6 is 39.5 Å². The third kappa shape index (κ3) is 23.4. The monoisotopic (exact) mass is 347 g/mol. The second-order valence-corrected chi connectivity index (χ2v) is 23.6. The molecule has 29 valence electrons. The van der Waals surface area contributed by atoms with Crippen molar-refractivity contribution in [3.8, 4) is 0 Å². The first-order valence-corrected chi connectivity index (χ1v) is 19.3. The molecule has 0 unspecified atom stereocenters. The zero-order chi connectivity index (χ0) is 4.71. The van der Waals surface area contributed by atoms with Crippen LogP contribution in [0.5, 0.6) is 0 Å². The Morgan fingerprint density at radius 1 is 1.40 bits per heavy atom. The predicted molar refractivity (Wildman–Crippen MR) is 39.1 cm³/mol. The molecule has 0 saturated carbocycles. The first-order valence-electron chi connectivity index (χ1n) is 1.24. The van der Waals surface area contributed by atoms with Gasteiger partial charge in [-0.15, -0.1) is 0 Å². The van der Waals surface area contributed by atoms with Crippen LogP contribution in [0.15, 0.2) is 0 Å². The summed E-state index contributed by atoms with van der Waals surface area (Å²) in [4.78, 5) is 0. The molecule has 0 aliphatic carbocycles. The van der Waals surface area contributed by atoms with E-state index in [1.54, 1.807) is 6.92 Å². The Bertz CT molecular complexity index is 7.61. The van der Waals surface area contributed by atoms with Gasteiger partial charge < -0.3 is 0 Å². The molecule has 0 rings (SSSR count). The summed E-state index contributed by atoms with van der Waals surface area (Å²) >= 11 is 4.93. The molecular formula is C2H5I2Zn. The number of rotatable bonds is 0. The third-order valence-corrected chi connectivity index (χ3v) is 0. The van der Waals surface area contributed by atoms with Gasteiger partial charge in [0.15, 0.2) is 0 Å². The predicted octanol–water partition coefficient (Wildman–Crippen LogP) is 2.61. The Morgan fingerprint density at radius 3 is 1.40 bits per heavy atom. The maximum absolute atomic E-state index is 3.25. The molecule has 0 fully saturated rings. The van der Waals surface area contributed by atoms with E-state index in [4.69, 9.17) is 0 Å². The van der Waals surface area contributed by atoms with Crippen molar-refractivity contribution in [3.05, 3.63) is 6.92 Å². The molecular weight excluding hydrogens is 343 g/mol. The zero-order valence-corrected chi connectivity index (χ0v) is 10.5. The molecule has 0 aromatic heterocycles. The van der Waals surface area contributed by atoms with Gasteiger partial charge in [-0.05, 0) is 0 Å². The second kappa shape index (κ2) is 16.5. The van der Waals surface area contributed by atoms with Gasteiger partial charge in [0, 0.05) is 0 Å². The Hall–Kier alpha value is 2.08. The van der Waals surface area contributed by atoms with E-state index in [2.05, 4.69) is 46.4 Å². The minimum atomic E-state index is 0.0650. The van der Waals surface area contributed by atoms with E-state index in [9.17, 15) is 0 Å². The van der Waals surface area contributed by atoms with E-state index in [1.807, 2.05) is 0 Å². The van der Waals surface area contributed by atoms with Crippen molar-refractivity contribution in [3.63, 3.8) is 0 Å². The van der Waals surface area contributed by atoms with Crippen molar-refractivity contribution in [2.45, 2.75) is 6.92 Å². The summed E-state index contributed by atoms with van der Waals surface area (Å²) in [5.74, 6) is 0. The topological polar surface area (TPSA) is 0 Å². The van der Waals surface area contributed by atoms with E-state index in [0.29, 0.717) is 0 Å². The van der Waals surface area contributed by atoms with Crippen LogP contribution < -0.4 is 0 Å². The molecule has 0 N–H and O–H groups in total. The van der Waals surface area contributed by atoms with Gasteiger partial charge >= 0.3 is 49.6 Å². The standard InChI is InChI=1S/C2H5.2HI.Zn/c1-2;;;/h1H2,2H3;2*1H;/q;;;+2/p-2. The van der Waals surface area contributed by atoms with Crippen LogP contribution in [0.1, 0.15) is 6.92 Å². The molecule has 1 radical (unpaired) electrons. The molecule has 0 nitrogen and oxygen atoms in total. The van der Waals surface area contributed by atoms with Crippen molar-refractivity contribution in [2.75, 3.05) is 0 Å². The van der Waals surface area contributed by atoms with Gasteiger partial charge in [0.05, 0.1) is 0 Å². The summed E-state index contributed by atoms with van der Waals surface area (Å²) in [6, 6.07) is 0. The molecule has 0 spiro atoms. The molecule has 0 saturated heterocycles. The van der Waals surface area contributed by atoms with Gasteiger partial charge in [-0.3, -0.25) is 0 Å². The Balaban J connectivity index is 0. The van der Waals surface area contributed by atoms with Crippen molar-refractivity contribution in [1.82, 2.24) is 0 Å². The molecule has 0 aromatic carbocycles. The average molecular weight is 348 g/mol. The minimum absolute atomic E-state index is 0.0650. The van der Waals surface area contributed by atoms with Gasteiger partial charge in [-0.2, -0.15) is 0 Å². The molecule has 0 amide bonds. The van der Waals surface area contributed by atoms with Gasteiger partial charge in [-0.25, -0.2) is 0 Å². The summed E-state index contributed by atoms with van der Waals surface area (Å²) in [7, 11) is 0.0650. The van der Waals surface area contributed by atoms with E-state index < -0.39 is 0 Å². The van der Waals surface area contributed by atoms with Crippen LogP contribution in [0.4, 0.5) is 0 Å². The SMILES string of the molecule is [CH2]C.[I][Zn][I]. The van der Waals surface area contributed by atoms with E-state index in [1.165, 1.54) is 0 Å². The summed E-state index contributed by atoms with van der Waals surface area (Å²) in [6.45, 7) is 5.00. The molecule has 0 heterocycles. The van der Waals surface area contributed by atoms with E-state index >= 15 is 0 Å². The molecule has 3 heteroatoms. The molecule has 0 bridgehead atoms. The Kier molecular flexibility index (Phi) is 33.5. The summed E-state index contributed by atoms with van der Waals surface area (Å²) in [5.41, 5.74) is 0. The van der Waals surface area contributed by atoms with Crippen LogP contribution in [0, 0.1) is 6.92 Å². The first kappa shape index (κ1) is 10.1. The molecule has 0 aromatic rings. The number of hydrogen-bond donors (Lipinski definition) is 0. The van der Waals surface area contributed by atoms with Crippen LogP contribution in [-0.4, -0.2) is 0 Å². The normalized spacial score (nSPS) is 3.20. The van der Waals surface area contributed by atoms with Crippen LogP contribution in [0.2, 0.25) is 0 Å². The second-order valence-electron chi connectivity index (χ2n) is 0.101. The average Bonchev–Trinajstić information content (AvgIpc) is 1.46. The molecule has 0 atom stereocenters. The van der Waals surface area contributed by atoms with Crippen molar-refractivity contribution in [1.29, 1.82) is 0 Å². The first-order chi connectivity index (χ1) is 2.41. The fraction of sp³-hybridized carbons (Fsp3) is 0.500. The number of hydrogen-bond acceptors (Lipinski definition) is 0. The van der Waals surface area contributed by atoms with Gasteiger partial charge in [-0.1, -0.05) is 13.8 Å². The van der Waals surface area contributed by atoms with Crippen LogP contribution in [0.25, 0.3) is 0 Å². The van der Waals surface area contributed by atoms with Gasteiger partial charge in [0.1, 0.15) is 0 Å². The quantitative estimate of drug-likeness (QED) is 0.466. The van der Waals surface area contributed by atoms with Gasteiger partial charge in [0.25, 0.3) is 0 Å². The van der Waals surface area contributed by atoms with Crippen molar-refractivity contribution >= 4 is 39.5 Å². The fourth-order valence-corrected chi connectivity index (χ4v) is 0. The van der Waals surface area contributed by atoms with Gasteiger partial charge in [0.2, 0.25) is 0 Å². The summed E-state index contributed by atoms with van der Waals surface area (Å²) < 4.78 is 0. The van der Waals surface area contributed by atoms with Crippen LogP contribution in [0.3, 0.4) is 0 Å². The molecule has 0 aliphatic heterocycles. The van der Waals surface area contributed by atoms with Crippen LogP contribution in [-0.2, 0) is 10.1 Å².